The van der Waals surface area contributed by atoms with Crippen molar-refractivity contribution in [3.63, 3.8) is 0 Å². The van der Waals surface area contributed by atoms with E-state index in [0.717, 1.165) is 24.2 Å². The molecule has 2 amide bonds. The van der Waals surface area contributed by atoms with Gasteiger partial charge < -0.3 is 15.5 Å². The van der Waals surface area contributed by atoms with Gasteiger partial charge in [-0.05, 0) is 36.2 Å². The minimum atomic E-state index is -0.388. The van der Waals surface area contributed by atoms with Crippen LogP contribution in [-0.2, 0) is 4.79 Å². The number of amides is 2. The predicted octanol–water partition coefficient (Wildman–Crippen LogP) is 4.19. The number of carbonyl (C=O) groups excluding carboxylic acids is 2. The molecule has 3 rings (SSSR count). The Bertz CT molecular complexity index is 946. The molecule has 160 valence electrons. The summed E-state index contributed by atoms with van der Waals surface area (Å²) in [6.45, 7) is 1.43. The lowest BCUT2D eigenvalue weighted by atomic mass is 10.0. The second-order valence-corrected chi connectivity index (χ2v) is 7.47. The Morgan fingerprint density at radius 1 is 0.839 bits per heavy atom. The zero-order valence-corrected chi connectivity index (χ0v) is 17.8. The third-order valence-electron chi connectivity index (χ3n) is 5.12. The molecular weight excluding hydrogens is 386 g/mol. The Hall–Kier alpha value is -3.60. The lowest BCUT2D eigenvalue weighted by Crippen LogP contribution is -2.34. The van der Waals surface area contributed by atoms with Crippen molar-refractivity contribution in [3.8, 4) is 0 Å². The van der Waals surface area contributed by atoms with Gasteiger partial charge in [0.1, 0.15) is 0 Å². The minimum absolute atomic E-state index is 0.0791. The number of benzene rings is 3. The average Bonchev–Trinajstić information content (AvgIpc) is 2.83. The second-order valence-electron chi connectivity index (χ2n) is 7.47. The number of hydrogen-bond acceptors (Lipinski definition) is 3. The molecular formula is C26H29N3O2. The van der Waals surface area contributed by atoms with Crippen molar-refractivity contribution in [1.82, 2.24) is 10.6 Å². The molecule has 0 heterocycles. The molecule has 0 spiro atoms. The first-order chi connectivity index (χ1) is 15.1. The van der Waals surface area contributed by atoms with Crippen molar-refractivity contribution in [2.75, 3.05) is 25.0 Å². The van der Waals surface area contributed by atoms with E-state index in [1.54, 1.807) is 12.1 Å². The maximum absolute atomic E-state index is 12.6. The first-order valence-corrected chi connectivity index (χ1v) is 10.6. The van der Waals surface area contributed by atoms with E-state index < -0.39 is 0 Å². The molecule has 0 aliphatic carbocycles. The molecule has 2 N–H and O–H groups in total. The van der Waals surface area contributed by atoms with E-state index >= 15 is 0 Å². The molecule has 0 aliphatic heterocycles. The molecule has 0 radical (unpaired) electrons. The van der Waals surface area contributed by atoms with Crippen LogP contribution in [0, 0.1) is 0 Å². The van der Waals surface area contributed by atoms with Crippen LogP contribution in [0.3, 0.4) is 0 Å². The van der Waals surface area contributed by atoms with E-state index in [9.17, 15) is 9.59 Å². The van der Waals surface area contributed by atoms with Crippen LogP contribution in [0.2, 0.25) is 0 Å². The van der Waals surface area contributed by atoms with Crippen LogP contribution in [0.15, 0.2) is 91.0 Å². The number of hydrogen-bond donors (Lipinski definition) is 2. The molecule has 0 fully saturated rings. The van der Waals surface area contributed by atoms with E-state index in [1.807, 2.05) is 73.8 Å². The van der Waals surface area contributed by atoms with Gasteiger partial charge in [0.2, 0.25) is 5.91 Å². The van der Waals surface area contributed by atoms with Gasteiger partial charge in [0.15, 0.2) is 0 Å². The van der Waals surface area contributed by atoms with Crippen LogP contribution in [0.25, 0.3) is 0 Å². The van der Waals surface area contributed by atoms with Crippen LogP contribution < -0.4 is 15.5 Å². The molecule has 0 saturated heterocycles. The maximum atomic E-state index is 12.6. The Morgan fingerprint density at radius 2 is 1.42 bits per heavy atom. The zero-order chi connectivity index (χ0) is 21.9. The largest absolute Gasteiger partial charge is 0.375 e. The van der Waals surface area contributed by atoms with Crippen LogP contribution >= 0.6 is 0 Å². The summed E-state index contributed by atoms with van der Waals surface area (Å²) in [7, 11) is 2.04. The van der Waals surface area contributed by atoms with Crippen molar-refractivity contribution in [2.45, 2.75) is 18.9 Å². The second kappa shape index (κ2) is 11.6. The van der Waals surface area contributed by atoms with Gasteiger partial charge in [-0.15, -0.1) is 0 Å². The third-order valence-corrected chi connectivity index (χ3v) is 5.12. The lowest BCUT2D eigenvalue weighted by molar-refractivity contribution is -0.121. The Kier molecular flexibility index (Phi) is 8.23. The summed E-state index contributed by atoms with van der Waals surface area (Å²) in [5.41, 5.74) is 2.64. The predicted molar refractivity (Wildman–Crippen MR) is 125 cm³/mol. The highest BCUT2D eigenvalue weighted by atomic mass is 16.2. The van der Waals surface area contributed by atoms with Gasteiger partial charge in [-0.1, -0.05) is 66.7 Å². The smallest absolute Gasteiger partial charge is 0.251 e. The first kappa shape index (κ1) is 22.1. The van der Waals surface area contributed by atoms with E-state index in [0.29, 0.717) is 12.1 Å². The van der Waals surface area contributed by atoms with E-state index in [4.69, 9.17) is 0 Å². The SMILES string of the molecule is CN(CCCNC(=O)C[C@@H](NC(=O)c1ccccc1)c1ccccc1)c1ccccc1. The summed E-state index contributed by atoms with van der Waals surface area (Å²) in [5, 5.41) is 5.99. The van der Waals surface area contributed by atoms with E-state index in [2.05, 4.69) is 27.7 Å². The number of rotatable bonds is 10. The molecule has 3 aromatic carbocycles. The molecule has 5 heteroatoms. The van der Waals surface area contributed by atoms with Gasteiger partial charge in [0.05, 0.1) is 12.5 Å². The van der Waals surface area contributed by atoms with E-state index in [1.165, 1.54) is 0 Å². The minimum Gasteiger partial charge on any atom is -0.375 e. The number of para-hydroxylation sites is 1. The van der Waals surface area contributed by atoms with E-state index in [-0.39, 0.29) is 24.3 Å². The van der Waals surface area contributed by atoms with Crippen LogP contribution in [-0.4, -0.2) is 32.0 Å². The molecule has 0 aromatic heterocycles. The monoisotopic (exact) mass is 415 g/mol. The van der Waals surface area contributed by atoms with Crippen molar-refractivity contribution < 1.29 is 9.59 Å². The topological polar surface area (TPSA) is 61.4 Å². The summed E-state index contributed by atoms with van der Waals surface area (Å²) >= 11 is 0. The van der Waals surface area contributed by atoms with Crippen LogP contribution in [0.1, 0.15) is 34.8 Å². The summed E-state index contributed by atoms with van der Waals surface area (Å²) in [6.07, 6.45) is 1.03. The highest BCUT2D eigenvalue weighted by Gasteiger charge is 2.19. The third kappa shape index (κ3) is 7.00. The molecule has 0 aliphatic rings. The van der Waals surface area contributed by atoms with Crippen molar-refractivity contribution in [3.05, 3.63) is 102 Å². The number of anilines is 1. The zero-order valence-electron chi connectivity index (χ0n) is 17.8. The molecule has 0 bridgehead atoms. The molecule has 5 nitrogen and oxygen atoms in total. The van der Waals surface area contributed by atoms with Gasteiger partial charge in [-0.25, -0.2) is 0 Å². The molecule has 1 atom stereocenters. The summed E-state index contributed by atoms with van der Waals surface area (Å²) in [4.78, 5) is 27.4. The fourth-order valence-corrected chi connectivity index (χ4v) is 3.38. The summed E-state index contributed by atoms with van der Waals surface area (Å²) < 4.78 is 0. The standard InChI is InChI=1S/C26H29N3O2/c1-29(23-16-9-4-10-17-23)19-11-18-27-25(30)20-24(21-12-5-2-6-13-21)28-26(31)22-14-7-3-8-15-22/h2-10,12-17,24H,11,18-20H2,1H3,(H,27,30)(H,28,31)/t24-/m1/s1. The number of nitrogens with zero attached hydrogens (tertiary/aromatic N) is 1. The Morgan fingerprint density at radius 3 is 2.06 bits per heavy atom. The highest BCUT2D eigenvalue weighted by molar-refractivity contribution is 5.94. The normalized spacial score (nSPS) is 11.4. The number of nitrogens with one attached hydrogen (secondary N) is 2. The quantitative estimate of drug-likeness (QED) is 0.488. The average molecular weight is 416 g/mol. The fraction of sp³-hybridized carbons (Fsp3) is 0.231. The van der Waals surface area contributed by atoms with Crippen LogP contribution in [0.5, 0.6) is 0 Å². The summed E-state index contributed by atoms with van der Waals surface area (Å²) in [5.74, 6) is -0.267. The van der Waals surface area contributed by atoms with Crippen molar-refractivity contribution in [1.29, 1.82) is 0 Å². The van der Waals surface area contributed by atoms with Gasteiger partial charge >= 0.3 is 0 Å². The molecule has 0 saturated carbocycles. The Labute approximate surface area is 184 Å². The maximum Gasteiger partial charge on any atom is 0.251 e. The van der Waals surface area contributed by atoms with Crippen LogP contribution in [0.4, 0.5) is 5.69 Å². The fourth-order valence-electron chi connectivity index (χ4n) is 3.38. The lowest BCUT2D eigenvalue weighted by Gasteiger charge is -2.20. The van der Waals surface area contributed by atoms with Gasteiger partial charge in [-0.3, -0.25) is 9.59 Å². The summed E-state index contributed by atoms with van der Waals surface area (Å²) in [6, 6.07) is 28.4. The first-order valence-electron chi connectivity index (χ1n) is 10.6. The molecule has 31 heavy (non-hydrogen) atoms. The Balaban J connectivity index is 1.52. The van der Waals surface area contributed by atoms with Crippen molar-refractivity contribution >= 4 is 17.5 Å². The molecule has 3 aromatic rings. The number of carbonyl (C=O) groups is 2. The van der Waals surface area contributed by atoms with Gasteiger partial charge in [0.25, 0.3) is 5.91 Å². The van der Waals surface area contributed by atoms with Crippen molar-refractivity contribution in [2.24, 2.45) is 0 Å². The highest BCUT2D eigenvalue weighted by Crippen LogP contribution is 2.17. The molecule has 0 unspecified atom stereocenters. The van der Waals surface area contributed by atoms with Gasteiger partial charge in [-0.2, -0.15) is 0 Å². The van der Waals surface area contributed by atoms with Gasteiger partial charge in [0, 0.05) is 31.4 Å².